The number of carboxylic acid groups (broad SMARTS) is 1. The fourth-order valence-corrected chi connectivity index (χ4v) is 2.42. The molecule has 1 aromatic carbocycles. The van der Waals surface area contributed by atoms with Crippen molar-refractivity contribution in [3.05, 3.63) is 35.4 Å². The van der Waals surface area contributed by atoms with Crippen molar-refractivity contribution < 1.29 is 19.4 Å². The topological polar surface area (TPSA) is 75.6 Å². The molecule has 114 valence electrons. The number of hydrogen-bond acceptors (Lipinski definition) is 3. The summed E-state index contributed by atoms with van der Waals surface area (Å²) in [6.07, 6.45) is 3.87. The number of carboxylic acids is 1. The smallest absolute Gasteiger partial charge is 0.335 e. The van der Waals surface area contributed by atoms with E-state index in [0.29, 0.717) is 19.4 Å². The highest BCUT2D eigenvalue weighted by molar-refractivity contribution is 5.87. The van der Waals surface area contributed by atoms with Crippen molar-refractivity contribution in [3.63, 3.8) is 0 Å². The molecule has 1 amide bonds. The molecule has 1 saturated heterocycles. The summed E-state index contributed by atoms with van der Waals surface area (Å²) in [5, 5.41) is 11.9. The molecule has 0 saturated carbocycles. The molecule has 0 bridgehead atoms. The van der Waals surface area contributed by atoms with Crippen LogP contribution < -0.4 is 5.32 Å². The molecule has 0 aliphatic carbocycles. The second-order valence-electron chi connectivity index (χ2n) is 5.31. The highest BCUT2D eigenvalue weighted by Gasteiger charge is 2.14. The van der Waals surface area contributed by atoms with Gasteiger partial charge in [0.15, 0.2) is 0 Å². The monoisotopic (exact) mass is 291 g/mol. The Morgan fingerprint density at radius 2 is 1.95 bits per heavy atom. The first-order chi connectivity index (χ1) is 10.1. The summed E-state index contributed by atoms with van der Waals surface area (Å²) in [5.41, 5.74) is 1.24. The van der Waals surface area contributed by atoms with Gasteiger partial charge in [0.1, 0.15) is 0 Å². The lowest BCUT2D eigenvalue weighted by Crippen LogP contribution is -2.35. The first kappa shape index (κ1) is 15.5. The van der Waals surface area contributed by atoms with Crippen LogP contribution >= 0.6 is 0 Å². The molecule has 1 atom stereocenters. The fraction of sp³-hybridized carbons (Fsp3) is 0.500. The molecule has 0 unspecified atom stereocenters. The van der Waals surface area contributed by atoms with Crippen LogP contribution in [0.5, 0.6) is 0 Å². The molecule has 1 fully saturated rings. The van der Waals surface area contributed by atoms with E-state index >= 15 is 0 Å². The quantitative estimate of drug-likeness (QED) is 0.870. The number of nitrogens with one attached hydrogen (secondary N) is 1. The van der Waals surface area contributed by atoms with E-state index in [1.54, 1.807) is 24.3 Å². The Morgan fingerprint density at radius 3 is 2.67 bits per heavy atom. The van der Waals surface area contributed by atoms with Gasteiger partial charge in [0, 0.05) is 25.7 Å². The zero-order valence-electron chi connectivity index (χ0n) is 12.0. The minimum atomic E-state index is -0.935. The second-order valence-corrected chi connectivity index (χ2v) is 5.31. The molecular weight excluding hydrogens is 270 g/mol. The van der Waals surface area contributed by atoms with Gasteiger partial charge in [-0.1, -0.05) is 12.1 Å². The van der Waals surface area contributed by atoms with Crippen LogP contribution in [0, 0.1) is 0 Å². The Labute approximate surface area is 124 Å². The normalized spacial score (nSPS) is 18.8. The Bertz CT molecular complexity index is 476. The van der Waals surface area contributed by atoms with Crippen LogP contribution in [-0.2, 0) is 16.0 Å². The third kappa shape index (κ3) is 5.19. The summed E-state index contributed by atoms with van der Waals surface area (Å²) in [7, 11) is 0. The van der Waals surface area contributed by atoms with Gasteiger partial charge in [-0.2, -0.15) is 0 Å². The fourth-order valence-electron chi connectivity index (χ4n) is 2.42. The van der Waals surface area contributed by atoms with Crippen molar-refractivity contribution in [2.24, 2.45) is 0 Å². The van der Waals surface area contributed by atoms with Crippen LogP contribution in [0.2, 0.25) is 0 Å². The van der Waals surface area contributed by atoms with Crippen LogP contribution in [0.25, 0.3) is 0 Å². The van der Waals surface area contributed by atoms with Crippen molar-refractivity contribution in [2.45, 2.75) is 38.1 Å². The van der Waals surface area contributed by atoms with E-state index in [0.717, 1.165) is 31.4 Å². The number of aryl methyl sites for hydroxylation is 1. The van der Waals surface area contributed by atoms with E-state index in [9.17, 15) is 9.59 Å². The van der Waals surface area contributed by atoms with Crippen LogP contribution in [0.15, 0.2) is 24.3 Å². The number of carbonyl (C=O) groups excluding carboxylic acids is 1. The summed E-state index contributed by atoms with van der Waals surface area (Å²) in [4.78, 5) is 22.7. The molecule has 0 spiro atoms. The third-order valence-corrected chi connectivity index (χ3v) is 3.66. The lowest BCUT2D eigenvalue weighted by molar-refractivity contribution is -0.121. The largest absolute Gasteiger partial charge is 0.478 e. The van der Waals surface area contributed by atoms with Gasteiger partial charge in [-0.3, -0.25) is 4.79 Å². The summed E-state index contributed by atoms with van der Waals surface area (Å²) in [6, 6.07) is 6.87. The number of aromatic carboxylic acids is 1. The molecule has 1 heterocycles. The van der Waals surface area contributed by atoms with Gasteiger partial charge < -0.3 is 15.2 Å². The van der Waals surface area contributed by atoms with Gasteiger partial charge in [0.05, 0.1) is 5.56 Å². The summed E-state index contributed by atoms with van der Waals surface area (Å²) < 4.78 is 5.37. The SMILES string of the molecule is O=C(CCc1ccc(C(=O)O)cc1)N[C@H]1CCCOCC1. The molecule has 2 rings (SSSR count). The summed E-state index contributed by atoms with van der Waals surface area (Å²) in [5.74, 6) is -0.890. The summed E-state index contributed by atoms with van der Waals surface area (Å²) in [6.45, 7) is 1.49. The van der Waals surface area contributed by atoms with Gasteiger partial charge in [-0.25, -0.2) is 4.79 Å². The average Bonchev–Trinajstić information content (AvgIpc) is 2.74. The number of hydrogen-bond donors (Lipinski definition) is 2. The highest BCUT2D eigenvalue weighted by Crippen LogP contribution is 2.10. The average molecular weight is 291 g/mol. The molecule has 21 heavy (non-hydrogen) atoms. The lowest BCUT2D eigenvalue weighted by atomic mass is 10.1. The Balaban J connectivity index is 1.76. The van der Waals surface area contributed by atoms with Crippen LogP contribution in [-0.4, -0.2) is 36.2 Å². The van der Waals surface area contributed by atoms with Crippen molar-refractivity contribution in [1.82, 2.24) is 5.32 Å². The van der Waals surface area contributed by atoms with E-state index in [4.69, 9.17) is 9.84 Å². The minimum absolute atomic E-state index is 0.0456. The first-order valence-corrected chi connectivity index (χ1v) is 7.34. The van der Waals surface area contributed by atoms with E-state index in [1.807, 2.05) is 0 Å². The van der Waals surface area contributed by atoms with Crippen LogP contribution in [0.1, 0.15) is 41.6 Å². The number of rotatable bonds is 5. The van der Waals surface area contributed by atoms with Crippen molar-refractivity contribution in [2.75, 3.05) is 13.2 Å². The van der Waals surface area contributed by atoms with Crippen LogP contribution in [0.4, 0.5) is 0 Å². The Kier molecular flexibility index (Phi) is 5.75. The predicted molar refractivity (Wildman–Crippen MR) is 78.3 cm³/mol. The highest BCUT2D eigenvalue weighted by atomic mass is 16.5. The van der Waals surface area contributed by atoms with Crippen molar-refractivity contribution in [3.8, 4) is 0 Å². The zero-order valence-corrected chi connectivity index (χ0v) is 12.0. The number of amides is 1. The summed E-state index contributed by atoms with van der Waals surface area (Å²) >= 11 is 0. The van der Waals surface area contributed by atoms with Gasteiger partial charge in [-0.15, -0.1) is 0 Å². The van der Waals surface area contributed by atoms with Gasteiger partial charge >= 0.3 is 5.97 Å². The molecule has 2 N–H and O–H groups in total. The van der Waals surface area contributed by atoms with Crippen molar-refractivity contribution in [1.29, 1.82) is 0 Å². The van der Waals surface area contributed by atoms with E-state index in [1.165, 1.54) is 0 Å². The first-order valence-electron chi connectivity index (χ1n) is 7.34. The molecule has 0 radical (unpaired) electrons. The maximum Gasteiger partial charge on any atom is 0.335 e. The lowest BCUT2D eigenvalue weighted by Gasteiger charge is -2.15. The van der Waals surface area contributed by atoms with Gasteiger partial charge in [0.25, 0.3) is 0 Å². The standard InChI is InChI=1S/C16H21NO4/c18-15(17-14-2-1-10-21-11-9-14)8-5-12-3-6-13(7-4-12)16(19)20/h3-4,6-7,14H,1-2,5,8-11H2,(H,17,18)(H,19,20)/t14-/m0/s1. The van der Waals surface area contributed by atoms with E-state index in [-0.39, 0.29) is 17.5 Å². The molecular formula is C16H21NO4. The van der Waals surface area contributed by atoms with Gasteiger partial charge in [0.2, 0.25) is 5.91 Å². The Hall–Kier alpha value is -1.88. The molecule has 5 heteroatoms. The van der Waals surface area contributed by atoms with Crippen LogP contribution in [0.3, 0.4) is 0 Å². The Morgan fingerprint density at radius 1 is 1.19 bits per heavy atom. The van der Waals surface area contributed by atoms with E-state index in [2.05, 4.69) is 5.32 Å². The maximum absolute atomic E-state index is 11.9. The molecule has 5 nitrogen and oxygen atoms in total. The molecule has 1 aliphatic heterocycles. The minimum Gasteiger partial charge on any atom is -0.478 e. The van der Waals surface area contributed by atoms with Gasteiger partial charge in [-0.05, 0) is 43.4 Å². The van der Waals surface area contributed by atoms with E-state index < -0.39 is 5.97 Å². The second kappa shape index (κ2) is 7.78. The number of carbonyl (C=O) groups is 2. The predicted octanol–water partition coefficient (Wildman–Crippen LogP) is 2.00. The molecule has 0 aromatic heterocycles. The van der Waals surface area contributed by atoms with Crippen molar-refractivity contribution >= 4 is 11.9 Å². The molecule has 1 aliphatic rings. The zero-order chi connectivity index (χ0) is 15.1. The maximum atomic E-state index is 11.9. The number of benzene rings is 1. The molecule has 1 aromatic rings. The number of ether oxygens (including phenoxy) is 1. The third-order valence-electron chi connectivity index (χ3n) is 3.66.